The van der Waals surface area contributed by atoms with Gasteiger partial charge in [-0.2, -0.15) is 0 Å². The molecule has 0 aliphatic rings. The molecule has 0 rings (SSSR count). The number of nitrogens with one attached hydrogen (secondary N) is 2. The van der Waals surface area contributed by atoms with Crippen LogP contribution in [0.1, 0.15) is 13.3 Å². The van der Waals surface area contributed by atoms with Crippen molar-refractivity contribution < 1.29 is 4.79 Å². The zero-order chi connectivity index (χ0) is 8.85. The van der Waals surface area contributed by atoms with Crippen molar-refractivity contribution in [2.24, 2.45) is 0 Å². The molecule has 0 radical (unpaired) electrons. The zero-order valence-corrected chi connectivity index (χ0v) is 8.36. The maximum absolute atomic E-state index is 11.1. The Morgan fingerprint density at radius 3 is 2.55 bits per heavy atom. The summed E-state index contributed by atoms with van der Waals surface area (Å²) in [6, 6.07) is -0.202. The number of ketones is 1. The van der Waals surface area contributed by atoms with Crippen LogP contribution in [0, 0.1) is 5.41 Å². The number of Topliss-reactive ketones (excluding diaryl/α,β-unsaturated/α-hetero) is 1. The third-order valence-corrected chi connectivity index (χ3v) is 1.93. The Hall–Kier alpha value is -0.220. The molecule has 11 heavy (non-hydrogen) atoms. The van der Waals surface area contributed by atoms with E-state index in [1.807, 2.05) is 0 Å². The van der Waals surface area contributed by atoms with E-state index in [0.29, 0.717) is 17.5 Å². The van der Waals surface area contributed by atoms with E-state index >= 15 is 0 Å². The quantitative estimate of drug-likeness (QED) is 0.536. The van der Waals surface area contributed by atoms with Gasteiger partial charge in [-0.15, -0.1) is 0 Å². The SMILES string of the molecule is CNC(CC(C)=N)C(=O)CBr. The first-order chi connectivity index (χ1) is 5.11. The number of likely N-dealkylation sites (N-methyl/N-ethyl adjacent to an activating group) is 1. The Morgan fingerprint density at radius 1 is 1.73 bits per heavy atom. The summed E-state index contributed by atoms with van der Waals surface area (Å²) in [5.74, 6) is 0.0964. The summed E-state index contributed by atoms with van der Waals surface area (Å²) in [5.41, 5.74) is 0.527. The average molecular weight is 221 g/mol. The minimum absolute atomic E-state index is 0.0964. The minimum Gasteiger partial charge on any atom is -0.310 e. The normalized spacial score (nSPS) is 12.6. The van der Waals surface area contributed by atoms with Crippen LogP contribution in [0.5, 0.6) is 0 Å². The van der Waals surface area contributed by atoms with Crippen molar-refractivity contribution in [1.82, 2.24) is 5.32 Å². The second kappa shape index (κ2) is 5.43. The van der Waals surface area contributed by atoms with Crippen LogP contribution in [-0.4, -0.2) is 29.9 Å². The molecule has 0 aromatic rings. The van der Waals surface area contributed by atoms with Gasteiger partial charge in [0.05, 0.1) is 11.4 Å². The molecule has 64 valence electrons. The lowest BCUT2D eigenvalue weighted by molar-refractivity contribution is -0.118. The van der Waals surface area contributed by atoms with Gasteiger partial charge in [-0.3, -0.25) is 4.79 Å². The van der Waals surface area contributed by atoms with Gasteiger partial charge in [0.15, 0.2) is 5.78 Å². The molecular weight excluding hydrogens is 208 g/mol. The van der Waals surface area contributed by atoms with Crippen molar-refractivity contribution in [2.75, 3.05) is 12.4 Å². The van der Waals surface area contributed by atoms with Gasteiger partial charge >= 0.3 is 0 Å². The Morgan fingerprint density at radius 2 is 2.27 bits per heavy atom. The molecule has 0 saturated carbocycles. The highest BCUT2D eigenvalue weighted by Gasteiger charge is 2.14. The molecule has 0 aliphatic heterocycles. The van der Waals surface area contributed by atoms with Crippen LogP contribution in [0.4, 0.5) is 0 Å². The lowest BCUT2D eigenvalue weighted by Gasteiger charge is -2.11. The Bertz CT molecular complexity index is 159. The fourth-order valence-electron chi connectivity index (χ4n) is 0.776. The molecule has 1 unspecified atom stereocenters. The number of carbonyl (C=O) groups excluding carboxylic acids is 1. The van der Waals surface area contributed by atoms with E-state index in [0.717, 1.165) is 0 Å². The molecule has 0 saturated heterocycles. The molecule has 0 amide bonds. The fourth-order valence-corrected chi connectivity index (χ4v) is 1.17. The molecule has 0 spiro atoms. The standard InChI is InChI=1S/C7H13BrN2O/c1-5(9)3-6(10-2)7(11)4-8/h6,9-10H,3-4H2,1-2H3. The summed E-state index contributed by atoms with van der Waals surface area (Å²) in [5, 5.41) is 10.4. The molecule has 0 bridgehead atoms. The zero-order valence-electron chi connectivity index (χ0n) is 6.78. The van der Waals surface area contributed by atoms with Gasteiger partial charge in [-0.1, -0.05) is 15.9 Å². The van der Waals surface area contributed by atoms with E-state index in [2.05, 4.69) is 21.2 Å². The highest BCUT2D eigenvalue weighted by molar-refractivity contribution is 9.09. The van der Waals surface area contributed by atoms with E-state index in [1.54, 1.807) is 14.0 Å². The monoisotopic (exact) mass is 220 g/mol. The maximum atomic E-state index is 11.1. The molecule has 4 heteroatoms. The van der Waals surface area contributed by atoms with Crippen LogP contribution >= 0.6 is 15.9 Å². The van der Waals surface area contributed by atoms with E-state index < -0.39 is 0 Å². The van der Waals surface area contributed by atoms with Crippen LogP contribution < -0.4 is 5.32 Å². The summed E-state index contributed by atoms with van der Waals surface area (Å²) in [6.07, 6.45) is 0.501. The number of rotatable bonds is 5. The van der Waals surface area contributed by atoms with Gasteiger partial charge in [0.2, 0.25) is 0 Å². The molecule has 3 nitrogen and oxygen atoms in total. The Balaban J connectivity index is 3.94. The highest BCUT2D eigenvalue weighted by atomic mass is 79.9. The van der Waals surface area contributed by atoms with Crippen molar-refractivity contribution in [2.45, 2.75) is 19.4 Å². The maximum Gasteiger partial charge on any atom is 0.160 e. The molecule has 0 heterocycles. The van der Waals surface area contributed by atoms with Crippen LogP contribution in [-0.2, 0) is 4.79 Å². The Labute approximate surface area is 75.2 Å². The molecule has 0 aliphatic carbocycles. The second-order valence-corrected chi connectivity index (χ2v) is 2.99. The predicted octanol–water partition coefficient (Wildman–Crippen LogP) is 0.968. The fraction of sp³-hybridized carbons (Fsp3) is 0.714. The van der Waals surface area contributed by atoms with Crippen molar-refractivity contribution in [1.29, 1.82) is 5.41 Å². The molecule has 0 aromatic heterocycles. The molecule has 1 atom stereocenters. The van der Waals surface area contributed by atoms with Crippen molar-refractivity contribution in [3.8, 4) is 0 Å². The molecule has 0 fully saturated rings. The summed E-state index contributed by atoms with van der Waals surface area (Å²) in [7, 11) is 1.73. The van der Waals surface area contributed by atoms with E-state index in [4.69, 9.17) is 5.41 Å². The third-order valence-electron chi connectivity index (χ3n) is 1.38. The molecular formula is C7H13BrN2O. The summed E-state index contributed by atoms with van der Waals surface area (Å²) in [6.45, 7) is 1.70. The molecule has 0 aromatic carbocycles. The van der Waals surface area contributed by atoms with Crippen LogP contribution in [0.2, 0.25) is 0 Å². The number of alkyl halides is 1. The third kappa shape index (κ3) is 4.27. The van der Waals surface area contributed by atoms with E-state index in [9.17, 15) is 4.79 Å². The summed E-state index contributed by atoms with van der Waals surface area (Å²) < 4.78 is 0. The van der Waals surface area contributed by atoms with Gasteiger partial charge < -0.3 is 10.7 Å². The number of hydrogen-bond acceptors (Lipinski definition) is 3. The van der Waals surface area contributed by atoms with Crippen LogP contribution in [0.3, 0.4) is 0 Å². The van der Waals surface area contributed by atoms with Gasteiger partial charge in [0.1, 0.15) is 0 Å². The first-order valence-corrected chi connectivity index (χ1v) is 4.54. The predicted molar refractivity (Wildman–Crippen MR) is 49.7 cm³/mol. The Kier molecular flexibility index (Phi) is 5.32. The highest BCUT2D eigenvalue weighted by Crippen LogP contribution is 1.97. The van der Waals surface area contributed by atoms with E-state index in [1.165, 1.54) is 0 Å². The lowest BCUT2D eigenvalue weighted by atomic mass is 10.1. The van der Waals surface area contributed by atoms with Gasteiger partial charge in [-0.25, -0.2) is 0 Å². The lowest BCUT2D eigenvalue weighted by Crippen LogP contribution is -2.36. The number of halogens is 1. The summed E-state index contributed by atoms with van der Waals surface area (Å²) >= 11 is 3.09. The largest absolute Gasteiger partial charge is 0.310 e. The number of carbonyl (C=O) groups is 1. The van der Waals surface area contributed by atoms with Gasteiger partial charge in [-0.05, 0) is 14.0 Å². The van der Waals surface area contributed by atoms with Gasteiger partial charge in [0, 0.05) is 12.1 Å². The van der Waals surface area contributed by atoms with Gasteiger partial charge in [0.25, 0.3) is 0 Å². The van der Waals surface area contributed by atoms with Crippen LogP contribution in [0.15, 0.2) is 0 Å². The van der Waals surface area contributed by atoms with E-state index in [-0.39, 0.29) is 11.8 Å². The average Bonchev–Trinajstić information content (AvgIpc) is 1.98. The summed E-state index contributed by atoms with van der Waals surface area (Å²) in [4.78, 5) is 11.1. The minimum atomic E-state index is -0.202. The second-order valence-electron chi connectivity index (χ2n) is 2.43. The first-order valence-electron chi connectivity index (χ1n) is 3.41. The number of hydrogen-bond donors (Lipinski definition) is 2. The smallest absolute Gasteiger partial charge is 0.160 e. The van der Waals surface area contributed by atoms with Crippen LogP contribution in [0.25, 0.3) is 0 Å². The van der Waals surface area contributed by atoms with Crippen molar-refractivity contribution in [3.63, 3.8) is 0 Å². The molecule has 2 N–H and O–H groups in total. The topological polar surface area (TPSA) is 53.0 Å². The van der Waals surface area contributed by atoms with Crippen molar-refractivity contribution >= 4 is 27.4 Å². The van der Waals surface area contributed by atoms with Crippen molar-refractivity contribution in [3.05, 3.63) is 0 Å². The first kappa shape index (κ1) is 10.8.